The van der Waals surface area contributed by atoms with Crippen LogP contribution in [0.25, 0.3) is 11.0 Å². The molecule has 5 rings (SSSR count). The van der Waals surface area contributed by atoms with Gasteiger partial charge in [0.25, 0.3) is 11.8 Å². The lowest BCUT2D eigenvalue weighted by Crippen LogP contribution is -2.50. The Balaban J connectivity index is 1.20. The van der Waals surface area contributed by atoms with Gasteiger partial charge in [-0.3, -0.25) is 9.59 Å². The van der Waals surface area contributed by atoms with E-state index in [2.05, 4.69) is 6.92 Å². The molecular formula is C29H34N2O4. The number of rotatable bonds is 7. The predicted octanol–water partition coefficient (Wildman–Crippen LogP) is 5.23. The van der Waals surface area contributed by atoms with Crippen molar-refractivity contribution in [2.75, 3.05) is 26.2 Å². The summed E-state index contributed by atoms with van der Waals surface area (Å²) in [5.41, 5.74) is 2.92. The minimum atomic E-state index is 0.00834. The third kappa shape index (κ3) is 5.07. The summed E-state index contributed by atoms with van der Waals surface area (Å²) in [5.74, 6) is 1.89. The van der Waals surface area contributed by atoms with Crippen LogP contribution < -0.4 is 4.74 Å². The summed E-state index contributed by atoms with van der Waals surface area (Å²) in [6, 6.07) is 15.4. The second-order valence-electron chi connectivity index (χ2n) is 9.63. The number of carbonyl (C=O) groups is 2. The van der Waals surface area contributed by atoms with Gasteiger partial charge in [-0.15, -0.1) is 0 Å². The van der Waals surface area contributed by atoms with Gasteiger partial charge in [0.15, 0.2) is 6.61 Å². The Labute approximate surface area is 206 Å². The molecule has 1 aliphatic carbocycles. The molecule has 2 heterocycles. The zero-order valence-corrected chi connectivity index (χ0v) is 20.5. The van der Waals surface area contributed by atoms with Gasteiger partial charge in [0.05, 0.1) is 0 Å². The summed E-state index contributed by atoms with van der Waals surface area (Å²) in [6.07, 6.45) is 6.88. The summed E-state index contributed by atoms with van der Waals surface area (Å²) in [7, 11) is 0. The molecule has 2 amide bonds. The molecule has 0 spiro atoms. The summed E-state index contributed by atoms with van der Waals surface area (Å²) < 4.78 is 12.0. The second kappa shape index (κ2) is 10.5. The van der Waals surface area contributed by atoms with Crippen LogP contribution >= 0.6 is 0 Å². The average molecular weight is 475 g/mol. The van der Waals surface area contributed by atoms with Gasteiger partial charge < -0.3 is 19.0 Å². The molecule has 1 aliphatic heterocycles. The van der Waals surface area contributed by atoms with Crippen molar-refractivity contribution in [2.24, 2.45) is 0 Å². The van der Waals surface area contributed by atoms with Crippen molar-refractivity contribution >= 4 is 22.8 Å². The minimum Gasteiger partial charge on any atom is -0.484 e. The van der Waals surface area contributed by atoms with E-state index < -0.39 is 0 Å². The summed E-state index contributed by atoms with van der Waals surface area (Å²) >= 11 is 0. The molecular weight excluding hydrogens is 440 g/mol. The first kappa shape index (κ1) is 23.5. The monoisotopic (exact) mass is 474 g/mol. The molecule has 2 aromatic carbocycles. The molecule has 184 valence electrons. The van der Waals surface area contributed by atoms with E-state index in [4.69, 9.17) is 9.15 Å². The van der Waals surface area contributed by atoms with Gasteiger partial charge in [-0.05, 0) is 68.9 Å². The molecule has 35 heavy (non-hydrogen) atoms. The van der Waals surface area contributed by atoms with Crippen LogP contribution in [0, 0.1) is 0 Å². The number of benzene rings is 2. The van der Waals surface area contributed by atoms with Crippen LogP contribution in [0.1, 0.15) is 60.7 Å². The number of amides is 2. The first-order valence-electron chi connectivity index (χ1n) is 12.9. The maximum atomic E-state index is 13.2. The van der Waals surface area contributed by atoms with E-state index in [1.54, 1.807) is 0 Å². The van der Waals surface area contributed by atoms with Crippen LogP contribution in [0.15, 0.2) is 52.9 Å². The molecule has 0 bridgehead atoms. The number of ether oxygens (including phenoxy) is 1. The number of furan rings is 1. The van der Waals surface area contributed by atoms with Gasteiger partial charge in [0.1, 0.15) is 17.1 Å². The van der Waals surface area contributed by atoms with Gasteiger partial charge in [0, 0.05) is 48.6 Å². The number of carbonyl (C=O) groups excluding carboxylic acids is 2. The fraction of sp³-hybridized carbons (Fsp3) is 0.448. The first-order chi connectivity index (χ1) is 17.1. The zero-order chi connectivity index (χ0) is 24.2. The lowest BCUT2D eigenvalue weighted by molar-refractivity contribution is -0.136. The molecule has 2 aliphatic rings. The molecule has 1 aromatic heterocycles. The molecule has 0 saturated carbocycles. The molecule has 3 aromatic rings. The van der Waals surface area contributed by atoms with Crippen molar-refractivity contribution in [1.82, 2.24) is 9.80 Å². The van der Waals surface area contributed by atoms with E-state index >= 15 is 0 Å². The molecule has 0 radical (unpaired) electrons. The normalized spacial score (nSPS) is 16.2. The van der Waals surface area contributed by atoms with Crippen LogP contribution in [0.3, 0.4) is 0 Å². The molecule has 0 unspecified atom stereocenters. The smallest absolute Gasteiger partial charge is 0.260 e. The quantitative estimate of drug-likeness (QED) is 0.470. The zero-order valence-electron chi connectivity index (χ0n) is 20.5. The van der Waals surface area contributed by atoms with Crippen molar-refractivity contribution in [3.8, 4) is 5.75 Å². The van der Waals surface area contributed by atoms with Crippen LogP contribution in [0.5, 0.6) is 5.75 Å². The molecule has 6 nitrogen and oxygen atoms in total. The van der Waals surface area contributed by atoms with Gasteiger partial charge in [-0.25, -0.2) is 0 Å². The van der Waals surface area contributed by atoms with E-state index in [1.807, 2.05) is 58.3 Å². The Hall–Kier alpha value is -3.28. The van der Waals surface area contributed by atoms with Crippen LogP contribution in [-0.2, 0) is 17.6 Å². The highest BCUT2D eigenvalue weighted by Crippen LogP contribution is 2.34. The molecule has 1 saturated heterocycles. The minimum absolute atomic E-state index is 0.00834. The molecule has 0 atom stereocenters. The number of piperidine rings is 1. The number of hydrogen-bond acceptors (Lipinski definition) is 4. The van der Waals surface area contributed by atoms with Gasteiger partial charge in [-0.2, -0.15) is 0 Å². The predicted molar refractivity (Wildman–Crippen MR) is 136 cm³/mol. The van der Waals surface area contributed by atoms with Gasteiger partial charge >= 0.3 is 0 Å². The third-order valence-electron chi connectivity index (χ3n) is 7.29. The number of likely N-dealkylation sites (tertiary alicyclic amines) is 1. The lowest BCUT2D eigenvalue weighted by Gasteiger charge is -2.38. The maximum absolute atomic E-state index is 13.2. The molecule has 1 fully saturated rings. The lowest BCUT2D eigenvalue weighted by atomic mass is 9.96. The Bertz CT molecular complexity index is 1180. The highest BCUT2D eigenvalue weighted by Gasteiger charge is 2.30. The summed E-state index contributed by atoms with van der Waals surface area (Å²) in [5, 5.41) is 1.12. The highest BCUT2D eigenvalue weighted by atomic mass is 16.5. The average Bonchev–Trinajstić information content (AvgIpc) is 3.28. The molecule has 0 N–H and O–H groups in total. The SMILES string of the molecule is CCCN(C(=O)COc1ccc2oc3c(c2c1)CCCC3)C1CCN(C(=O)c2ccccc2)CC1. The number of hydrogen-bond donors (Lipinski definition) is 0. The molecule has 6 heteroatoms. The summed E-state index contributed by atoms with van der Waals surface area (Å²) in [4.78, 5) is 29.8. The fourth-order valence-electron chi connectivity index (χ4n) is 5.46. The van der Waals surface area contributed by atoms with Crippen molar-refractivity contribution in [2.45, 2.75) is 57.9 Å². The number of aryl methyl sites for hydroxylation is 2. The maximum Gasteiger partial charge on any atom is 0.260 e. The van der Waals surface area contributed by atoms with E-state index in [0.717, 1.165) is 54.4 Å². The Morgan fingerprint density at radius 3 is 2.60 bits per heavy atom. The highest BCUT2D eigenvalue weighted by molar-refractivity contribution is 5.94. The van der Waals surface area contributed by atoms with Gasteiger partial charge in [-0.1, -0.05) is 25.1 Å². The van der Waals surface area contributed by atoms with Gasteiger partial charge in [0.2, 0.25) is 0 Å². The summed E-state index contributed by atoms with van der Waals surface area (Å²) in [6.45, 7) is 4.14. The van der Waals surface area contributed by atoms with Crippen molar-refractivity contribution in [3.63, 3.8) is 0 Å². The van der Waals surface area contributed by atoms with Crippen LogP contribution in [-0.4, -0.2) is 53.9 Å². The van der Waals surface area contributed by atoms with E-state index in [0.29, 0.717) is 25.4 Å². The standard InChI is InChI=1S/C29H34N2O4/c1-2-16-31(22-14-17-30(18-15-22)29(33)21-8-4-3-5-9-21)28(32)20-34-23-12-13-27-25(19-23)24-10-6-7-11-26(24)35-27/h3-5,8-9,12-13,19,22H,2,6-7,10-11,14-18,20H2,1H3. The Morgan fingerprint density at radius 1 is 1.06 bits per heavy atom. The second-order valence-corrected chi connectivity index (χ2v) is 9.63. The van der Waals surface area contributed by atoms with E-state index in [1.165, 1.54) is 18.4 Å². The first-order valence-corrected chi connectivity index (χ1v) is 12.9. The van der Waals surface area contributed by atoms with Crippen molar-refractivity contribution in [3.05, 3.63) is 65.4 Å². The largest absolute Gasteiger partial charge is 0.484 e. The van der Waals surface area contributed by atoms with Crippen LogP contribution in [0.2, 0.25) is 0 Å². The topological polar surface area (TPSA) is 63.0 Å². The fourth-order valence-corrected chi connectivity index (χ4v) is 5.46. The van der Waals surface area contributed by atoms with Crippen molar-refractivity contribution < 1.29 is 18.7 Å². The third-order valence-corrected chi connectivity index (χ3v) is 7.29. The van der Waals surface area contributed by atoms with E-state index in [9.17, 15) is 9.59 Å². The Morgan fingerprint density at radius 2 is 1.83 bits per heavy atom. The number of fused-ring (bicyclic) bond motifs is 3. The van der Waals surface area contributed by atoms with Crippen LogP contribution in [0.4, 0.5) is 0 Å². The van der Waals surface area contributed by atoms with Crippen molar-refractivity contribution in [1.29, 1.82) is 0 Å². The Kier molecular flexibility index (Phi) is 7.07. The van der Waals surface area contributed by atoms with E-state index in [-0.39, 0.29) is 24.5 Å². The number of nitrogens with zero attached hydrogens (tertiary/aromatic N) is 2.